The molecule has 2 nitrogen and oxygen atoms in total. The molecule has 0 spiro atoms. The molecule has 0 aromatic heterocycles. The summed E-state index contributed by atoms with van der Waals surface area (Å²) in [6.45, 7) is 0.769. The van der Waals surface area contributed by atoms with E-state index in [1.54, 1.807) is 18.2 Å². The lowest BCUT2D eigenvalue weighted by atomic mass is 10.0. The van der Waals surface area contributed by atoms with E-state index < -0.39 is 0 Å². The van der Waals surface area contributed by atoms with E-state index in [2.05, 4.69) is 5.32 Å². The molecule has 1 aliphatic rings. The van der Waals surface area contributed by atoms with Crippen molar-refractivity contribution < 1.29 is 9.13 Å². The van der Waals surface area contributed by atoms with Gasteiger partial charge in [0.05, 0.1) is 17.7 Å². The van der Waals surface area contributed by atoms with E-state index >= 15 is 0 Å². The van der Waals surface area contributed by atoms with Crippen LogP contribution in [0.3, 0.4) is 0 Å². The van der Waals surface area contributed by atoms with Crippen LogP contribution in [0, 0.1) is 5.82 Å². The second kappa shape index (κ2) is 6.75. The molecule has 1 aromatic rings. The van der Waals surface area contributed by atoms with Gasteiger partial charge in [0, 0.05) is 17.5 Å². The van der Waals surface area contributed by atoms with E-state index in [0.29, 0.717) is 12.0 Å². The summed E-state index contributed by atoms with van der Waals surface area (Å²) >= 11 is 7.68. The topological polar surface area (TPSA) is 21.3 Å². The summed E-state index contributed by atoms with van der Waals surface area (Å²) < 4.78 is 19.6. The number of likely N-dealkylation sites (N-methyl/N-ethyl adjacent to an activating group) is 1. The van der Waals surface area contributed by atoms with Gasteiger partial charge in [0.2, 0.25) is 0 Å². The van der Waals surface area contributed by atoms with E-state index in [1.165, 1.54) is 0 Å². The Hall–Kier alpha value is -0.290. The Labute approximate surface area is 116 Å². The average molecular weight is 290 g/mol. The number of halogens is 2. The number of thioether (sulfide) groups is 1. The maximum Gasteiger partial charge on any atom is 0.145 e. The van der Waals surface area contributed by atoms with Gasteiger partial charge in [-0.3, -0.25) is 0 Å². The maximum absolute atomic E-state index is 13.9. The van der Waals surface area contributed by atoms with Crippen molar-refractivity contribution >= 4 is 23.4 Å². The number of hydrogen-bond acceptors (Lipinski definition) is 3. The molecule has 0 aliphatic carbocycles. The van der Waals surface area contributed by atoms with Crippen molar-refractivity contribution in [3.8, 4) is 0 Å². The van der Waals surface area contributed by atoms with Gasteiger partial charge in [0.25, 0.3) is 0 Å². The molecule has 18 heavy (non-hydrogen) atoms. The average Bonchev–Trinajstić information content (AvgIpc) is 2.41. The molecule has 1 saturated heterocycles. The Bertz CT molecular complexity index is 399. The third kappa shape index (κ3) is 3.38. The van der Waals surface area contributed by atoms with Crippen LogP contribution in [-0.4, -0.2) is 37.3 Å². The molecule has 1 fully saturated rings. The molecule has 5 heteroatoms. The Morgan fingerprint density at radius 1 is 1.61 bits per heavy atom. The van der Waals surface area contributed by atoms with Crippen LogP contribution in [0.25, 0.3) is 0 Å². The van der Waals surface area contributed by atoms with Crippen LogP contribution in [0.1, 0.15) is 5.56 Å². The van der Waals surface area contributed by atoms with E-state index in [1.807, 2.05) is 18.8 Å². The van der Waals surface area contributed by atoms with E-state index in [4.69, 9.17) is 16.3 Å². The van der Waals surface area contributed by atoms with Crippen molar-refractivity contribution in [2.75, 3.05) is 25.2 Å². The molecule has 100 valence electrons. The Balaban J connectivity index is 2.07. The Morgan fingerprint density at radius 2 is 2.44 bits per heavy atom. The highest BCUT2D eigenvalue weighted by Gasteiger charge is 2.24. The molecule has 0 bridgehead atoms. The Morgan fingerprint density at radius 3 is 3.11 bits per heavy atom. The van der Waals surface area contributed by atoms with Crippen LogP contribution in [0.15, 0.2) is 18.2 Å². The van der Waals surface area contributed by atoms with Gasteiger partial charge >= 0.3 is 0 Å². The Kier molecular flexibility index (Phi) is 5.30. The number of rotatable bonds is 4. The van der Waals surface area contributed by atoms with E-state index in [0.717, 1.165) is 18.1 Å². The second-order valence-electron chi connectivity index (χ2n) is 4.30. The monoisotopic (exact) mass is 289 g/mol. The number of nitrogens with one attached hydrogen (secondary N) is 1. The first-order chi connectivity index (χ1) is 8.72. The highest BCUT2D eigenvalue weighted by Crippen LogP contribution is 2.22. The standard InChI is InChI=1S/C13H17ClFNOS/c1-16-11(12-8-18-6-5-17-12)7-9-3-2-4-10(14)13(9)15/h2-4,11-12,16H,5-8H2,1H3. The number of benzene rings is 1. The highest BCUT2D eigenvalue weighted by molar-refractivity contribution is 7.99. The van der Waals surface area contributed by atoms with Crippen LogP contribution in [0.5, 0.6) is 0 Å². The first-order valence-electron chi connectivity index (χ1n) is 6.02. The smallest absolute Gasteiger partial charge is 0.145 e. The largest absolute Gasteiger partial charge is 0.375 e. The molecule has 0 saturated carbocycles. The third-order valence-corrected chi connectivity index (χ3v) is 4.44. The van der Waals surface area contributed by atoms with Crippen molar-refractivity contribution in [1.29, 1.82) is 0 Å². The zero-order valence-corrected chi connectivity index (χ0v) is 11.9. The lowest BCUT2D eigenvalue weighted by Gasteiger charge is -2.30. The summed E-state index contributed by atoms with van der Waals surface area (Å²) in [7, 11) is 1.88. The summed E-state index contributed by atoms with van der Waals surface area (Å²) in [4.78, 5) is 0. The predicted octanol–water partition coefficient (Wildman–Crippen LogP) is 2.74. The summed E-state index contributed by atoms with van der Waals surface area (Å²) in [6.07, 6.45) is 0.723. The van der Waals surface area contributed by atoms with Gasteiger partial charge in [0.15, 0.2) is 0 Å². The number of ether oxygens (including phenoxy) is 1. The van der Waals surface area contributed by atoms with Crippen LogP contribution in [0.2, 0.25) is 5.02 Å². The van der Waals surface area contributed by atoms with E-state index in [9.17, 15) is 4.39 Å². The normalized spacial score (nSPS) is 21.8. The summed E-state index contributed by atoms with van der Waals surface area (Å²) in [5, 5.41) is 3.40. The molecule has 1 aromatic carbocycles. The van der Waals surface area contributed by atoms with Crippen molar-refractivity contribution in [1.82, 2.24) is 5.32 Å². The molecular formula is C13H17ClFNOS. The van der Waals surface area contributed by atoms with Gasteiger partial charge in [0.1, 0.15) is 5.82 Å². The van der Waals surface area contributed by atoms with Gasteiger partial charge in [-0.25, -0.2) is 4.39 Å². The molecule has 0 amide bonds. The fourth-order valence-corrected chi connectivity index (χ4v) is 3.24. The third-order valence-electron chi connectivity index (χ3n) is 3.13. The SMILES string of the molecule is CNC(Cc1cccc(Cl)c1F)C1CSCCO1. The summed E-state index contributed by atoms with van der Waals surface area (Å²) in [6, 6.07) is 5.25. The molecule has 1 N–H and O–H groups in total. The molecule has 2 rings (SSSR count). The van der Waals surface area contributed by atoms with E-state index in [-0.39, 0.29) is 23.0 Å². The van der Waals surface area contributed by atoms with Crippen molar-refractivity contribution in [2.45, 2.75) is 18.6 Å². The minimum absolute atomic E-state index is 0.116. The van der Waals surface area contributed by atoms with Gasteiger partial charge in [-0.05, 0) is 25.1 Å². The molecule has 1 heterocycles. The van der Waals surface area contributed by atoms with Crippen molar-refractivity contribution in [3.63, 3.8) is 0 Å². The predicted molar refractivity (Wildman–Crippen MR) is 75.0 cm³/mol. The zero-order chi connectivity index (χ0) is 13.0. The fraction of sp³-hybridized carbons (Fsp3) is 0.538. The summed E-state index contributed by atoms with van der Waals surface area (Å²) in [5.74, 6) is 1.68. The molecular weight excluding hydrogens is 273 g/mol. The minimum atomic E-state index is -0.317. The van der Waals surface area contributed by atoms with Gasteiger partial charge in [-0.15, -0.1) is 0 Å². The van der Waals surface area contributed by atoms with Crippen LogP contribution < -0.4 is 5.32 Å². The highest BCUT2D eigenvalue weighted by atomic mass is 35.5. The van der Waals surface area contributed by atoms with Gasteiger partial charge < -0.3 is 10.1 Å². The van der Waals surface area contributed by atoms with Crippen LogP contribution in [0.4, 0.5) is 4.39 Å². The maximum atomic E-state index is 13.9. The first kappa shape index (κ1) is 14.1. The van der Waals surface area contributed by atoms with Gasteiger partial charge in [-0.2, -0.15) is 11.8 Å². The molecule has 2 unspecified atom stereocenters. The lowest BCUT2D eigenvalue weighted by molar-refractivity contribution is 0.0490. The number of hydrogen-bond donors (Lipinski definition) is 1. The molecule has 2 atom stereocenters. The quantitative estimate of drug-likeness (QED) is 0.921. The van der Waals surface area contributed by atoms with Crippen molar-refractivity contribution in [3.05, 3.63) is 34.6 Å². The zero-order valence-electron chi connectivity index (χ0n) is 10.3. The molecule has 1 aliphatic heterocycles. The van der Waals surface area contributed by atoms with Crippen LogP contribution >= 0.6 is 23.4 Å². The van der Waals surface area contributed by atoms with Gasteiger partial charge in [-0.1, -0.05) is 23.7 Å². The first-order valence-corrected chi connectivity index (χ1v) is 7.55. The summed E-state index contributed by atoms with van der Waals surface area (Å²) in [5.41, 5.74) is 0.640. The minimum Gasteiger partial charge on any atom is -0.375 e. The molecule has 0 radical (unpaired) electrons. The lowest BCUT2D eigenvalue weighted by Crippen LogP contribution is -2.44. The fourth-order valence-electron chi connectivity index (χ4n) is 2.10. The van der Waals surface area contributed by atoms with Crippen LogP contribution in [-0.2, 0) is 11.2 Å². The van der Waals surface area contributed by atoms with Crippen molar-refractivity contribution in [2.24, 2.45) is 0 Å². The second-order valence-corrected chi connectivity index (χ2v) is 5.85.